The van der Waals surface area contributed by atoms with Gasteiger partial charge in [0.25, 0.3) is 0 Å². The van der Waals surface area contributed by atoms with Crippen LogP contribution >= 0.6 is 11.6 Å². The van der Waals surface area contributed by atoms with Crippen molar-refractivity contribution in [3.63, 3.8) is 0 Å². The van der Waals surface area contributed by atoms with E-state index in [1.165, 1.54) is 0 Å². The summed E-state index contributed by atoms with van der Waals surface area (Å²) in [5.74, 6) is -0.209. The Morgan fingerprint density at radius 2 is 2.43 bits per heavy atom. The molecule has 1 aromatic carbocycles. The zero-order valence-corrected chi connectivity index (χ0v) is 8.12. The fourth-order valence-electron chi connectivity index (χ4n) is 1.61. The highest BCUT2D eigenvalue weighted by Gasteiger charge is 2.26. The molecule has 0 spiro atoms. The van der Waals surface area contributed by atoms with Gasteiger partial charge in [-0.05, 0) is 11.6 Å². The second-order valence-corrected chi connectivity index (χ2v) is 3.68. The van der Waals surface area contributed by atoms with Crippen molar-refractivity contribution in [2.45, 2.75) is 18.9 Å². The van der Waals surface area contributed by atoms with Crippen LogP contribution < -0.4 is 4.74 Å². The fourth-order valence-corrected chi connectivity index (χ4v) is 1.85. The normalized spacial score (nSPS) is 18.8. The van der Waals surface area contributed by atoms with Crippen LogP contribution in [-0.2, 0) is 11.2 Å². The number of halogens is 1. The number of hydrogen-bond donors (Lipinski definition) is 1. The number of carboxylic acid groups (broad SMARTS) is 1. The minimum absolute atomic E-state index is 0.0189. The Bertz CT molecular complexity index is 376. The molecular formula is C10H9ClO3. The molecule has 74 valence electrons. The van der Waals surface area contributed by atoms with Gasteiger partial charge in [0, 0.05) is 6.42 Å². The molecule has 0 aromatic heterocycles. The Morgan fingerprint density at radius 3 is 3.07 bits per heavy atom. The van der Waals surface area contributed by atoms with Gasteiger partial charge in [-0.3, -0.25) is 4.79 Å². The largest absolute Gasteiger partial charge is 0.488 e. The number of rotatable bonds is 2. The number of para-hydroxylation sites is 1. The van der Waals surface area contributed by atoms with Crippen LogP contribution in [0.1, 0.15) is 12.0 Å². The molecular weight excluding hydrogens is 204 g/mol. The maximum atomic E-state index is 10.5. The third kappa shape index (κ3) is 1.68. The lowest BCUT2D eigenvalue weighted by atomic mass is 10.1. The van der Waals surface area contributed by atoms with E-state index < -0.39 is 5.97 Å². The Balaban J connectivity index is 2.18. The molecule has 0 fully saturated rings. The van der Waals surface area contributed by atoms with Crippen molar-refractivity contribution in [2.75, 3.05) is 0 Å². The van der Waals surface area contributed by atoms with Crippen molar-refractivity contribution < 1.29 is 14.6 Å². The van der Waals surface area contributed by atoms with Crippen molar-refractivity contribution in [1.29, 1.82) is 0 Å². The van der Waals surface area contributed by atoms with Crippen LogP contribution in [0.15, 0.2) is 18.2 Å². The molecule has 3 nitrogen and oxygen atoms in total. The number of hydrogen-bond acceptors (Lipinski definition) is 2. The van der Waals surface area contributed by atoms with E-state index in [1.54, 1.807) is 6.07 Å². The molecule has 1 atom stereocenters. The molecule has 0 saturated carbocycles. The van der Waals surface area contributed by atoms with Gasteiger partial charge >= 0.3 is 5.97 Å². The van der Waals surface area contributed by atoms with Crippen LogP contribution in [0.3, 0.4) is 0 Å². The molecule has 1 aliphatic heterocycles. The third-order valence-corrected chi connectivity index (χ3v) is 2.48. The van der Waals surface area contributed by atoms with Crippen molar-refractivity contribution in [2.24, 2.45) is 0 Å². The minimum atomic E-state index is -0.848. The number of carboxylic acids is 1. The summed E-state index contributed by atoms with van der Waals surface area (Å²) in [5.41, 5.74) is 0.990. The number of aliphatic carboxylic acids is 1. The van der Waals surface area contributed by atoms with Gasteiger partial charge in [-0.1, -0.05) is 23.7 Å². The lowest BCUT2D eigenvalue weighted by molar-refractivity contribution is -0.138. The van der Waals surface area contributed by atoms with Crippen molar-refractivity contribution >= 4 is 17.6 Å². The van der Waals surface area contributed by atoms with Crippen LogP contribution in [0.4, 0.5) is 0 Å². The highest BCUT2D eigenvalue weighted by molar-refractivity contribution is 6.32. The average molecular weight is 213 g/mol. The van der Waals surface area contributed by atoms with Gasteiger partial charge in [-0.15, -0.1) is 0 Å². The van der Waals surface area contributed by atoms with E-state index in [0.29, 0.717) is 17.2 Å². The predicted molar refractivity (Wildman–Crippen MR) is 51.8 cm³/mol. The fraction of sp³-hybridized carbons (Fsp3) is 0.300. The Kier molecular flexibility index (Phi) is 2.33. The molecule has 0 saturated heterocycles. The zero-order valence-electron chi connectivity index (χ0n) is 7.37. The third-order valence-electron chi connectivity index (χ3n) is 2.18. The maximum absolute atomic E-state index is 10.5. The molecule has 1 heterocycles. The molecule has 1 aromatic rings. The summed E-state index contributed by atoms with van der Waals surface area (Å²) in [7, 11) is 0. The molecule has 4 heteroatoms. The maximum Gasteiger partial charge on any atom is 0.307 e. The first-order chi connectivity index (χ1) is 6.66. The lowest BCUT2D eigenvalue weighted by Gasteiger charge is -2.07. The second kappa shape index (κ2) is 3.50. The van der Waals surface area contributed by atoms with Crippen molar-refractivity contribution in [1.82, 2.24) is 0 Å². The first kappa shape index (κ1) is 9.34. The topological polar surface area (TPSA) is 46.5 Å². The van der Waals surface area contributed by atoms with E-state index in [-0.39, 0.29) is 12.5 Å². The highest BCUT2D eigenvalue weighted by atomic mass is 35.5. The number of benzene rings is 1. The van der Waals surface area contributed by atoms with E-state index in [9.17, 15) is 4.79 Å². The van der Waals surface area contributed by atoms with E-state index in [4.69, 9.17) is 21.4 Å². The van der Waals surface area contributed by atoms with Crippen LogP contribution in [0.2, 0.25) is 5.02 Å². The summed E-state index contributed by atoms with van der Waals surface area (Å²) >= 11 is 5.90. The van der Waals surface area contributed by atoms with Crippen molar-refractivity contribution in [3.05, 3.63) is 28.8 Å². The summed E-state index contributed by atoms with van der Waals surface area (Å²) < 4.78 is 5.44. The molecule has 0 bridgehead atoms. The van der Waals surface area contributed by atoms with E-state index in [0.717, 1.165) is 5.56 Å². The van der Waals surface area contributed by atoms with E-state index in [1.807, 2.05) is 12.1 Å². The lowest BCUT2D eigenvalue weighted by Crippen LogP contribution is -2.17. The van der Waals surface area contributed by atoms with Crippen molar-refractivity contribution in [3.8, 4) is 5.75 Å². The number of carbonyl (C=O) groups is 1. The summed E-state index contributed by atoms with van der Waals surface area (Å²) in [6.07, 6.45) is 0.370. The van der Waals surface area contributed by atoms with Gasteiger partial charge in [0.1, 0.15) is 11.9 Å². The smallest absolute Gasteiger partial charge is 0.307 e. The molecule has 1 N–H and O–H groups in total. The van der Waals surface area contributed by atoms with E-state index in [2.05, 4.69) is 0 Å². The van der Waals surface area contributed by atoms with E-state index >= 15 is 0 Å². The monoisotopic (exact) mass is 212 g/mol. The second-order valence-electron chi connectivity index (χ2n) is 3.27. The predicted octanol–water partition coefficient (Wildman–Crippen LogP) is 2.12. The Labute approximate surface area is 86.3 Å². The van der Waals surface area contributed by atoms with Crippen LogP contribution in [-0.4, -0.2) is 17.2 Å². The first-order valence-corrected chi connectivity index (χ1v) is 4.70. The van der Waals surface area contributed by atoms with Crippen LogP contribution in [0.5, 0.6) is 5.75 Å². The quantitative estimate of drug-likeness (QED) is 0.817. The van der Waals surface area contributed by atoms with Gasteiger partial charge in [0.05, 0.1) is 11.4 Å². The highest BCUT2D eigenvalue weighted by Crippen LogP contribution is 2.36. The number of ether oxygens (including phenoxy) is 1. The minimum Gasteiger partial charge on any atom is -0.488 e. The standard InChI is InChI=1S/C10H9ClO3/c11-8-3-1-2-6-4-7(5-9(12)13)14-10(6)8/h1-3,7H,4-5H2,(H,12,13)/t7-/m1/s1. The van der Waals surface area contributed by atoms with Gasteiger partial charge in [-0.2, -0.15) is 0 Å². The SMILES string of the molecule is O=C(O)C[C@H]1Cc2cccc(Cl)c2O1. The summed E-state index contributed by atoms with van der Waals surface area (Å²) in [6.45, 7) is 0. The molecule has 0 aliphatic carbocycles. The van der Waals surface area contributed by atoms with Gasteiger partial charge in [-0.25, -0.2) is 0 Å². The summed E-state index contributed by atoms with van der Waals surface area (Å²) in [5, 5.41) is 9.16. The Morgan fingerprint density at radius 1 is 1.64 bits per heavy atom. The Hall–Kier alpha value is -1.22. The molecule has 14 heavy (non-hydrogen) atoms. The molecule has 0 amide bonds. The summed E-state index contributed by atoms with van der Waals surface area (Å²) in [4.78, 5) is 10.5. The zero-order chi connectivity index (χ0) is 10.1. The van der Waals surface area contributed by atoms with Gasteiger partial charge < -0.3 is 9.84 Å². The molecule has 0 radical (unpaired) electrons. The van der Waals surface area contributed by atoms with Crippen LogP contribution in [0, 0.1) is 0 Å². The van der Waals surface area contributed by atoms with Gasteiger partial charge in [0.15, 0.2) is 0 Å². The first-order valence-electron chi connectivity index (χ1n) is 4.32. The molecule has 2 rings (SSSR count). The summed E-state index contributed by atoms with van der Waals surface area (Å²) in [6, 6.07) is 5.49. The average Bonchev–Trinajstić information content (AvgIpc) is 2.47. The molecule has 1 aliphatic rings. The number of fused-ring (bicyclic) bond motifs is 1. The van der Waals surface area contributed by atoms with Crippen LogP contribution in [0.25, 0.3) is 0 Å². The molecule has 0 unspecified atom stereocenters. The van der Waals surface area contributed by atoms with Gasteiger partial charge in [0.2, 0.25) is 0 Å².